The summed E-state index contributed by atoms with van der Waals surface area (Å²) in [7, 11) is -4.55. The molecule has 1 aliphatic carbocycles. The molecule has 22 heavy (non-hydrogen) atoms. The first-order chi connectivity index (χ1) is 10.4. The average molecular weight is 363 g/mol. The summed E-state index contributed by atoms with van der Waals surface area (Å²) in [6, 6.07) is 5.80. The number of hydrogen-bond acceptors (Lipinski definition) is 7. The molecule has 2 aromatic rings. The minimum Gasteiger partial charge on any atom is -0.357 e. The molecule has 1 saturated carbocycles. The lowest BCUT2D eigenvalue weighted by atomic mass is 10.4. The van der Waals surface area contributed by atoms with Gasteiger partial charge in [0.25, 0.3) is 0 Å². The van der Waals surface area contributed by atoms with Crippen molar-refractivity contribution in [3.8, 4) is 0 Å². The SMILES string of the molecule is O=S(=O)(c1ccc(Sc2nnc(NC3CC3)s2)cc1)C(F)F. The number of aromatic nitrogens is 2. The second-order valence-corrected chi connectivity index (χ2v) is 8.89. The first-order valence-corrected chi connectivity index (χ1v) is 9.53. The molecular weight excluding hydrogens is 352 g/mol. The predicted molar refractivity (Wildman–Crippen MR) is 80.3 cm³/mol. The maximum atomic E-state index is 12.4. The van der Waals surface area contributed by atoms with Gasteiger partial charge in [-0.25, -0.2) is 8.42 Å². The molecule has 0 bridgehead atoms. The van der Waals surface area contributed by atoms with Gasteiger partial charge in [-0.2, -0.15) is 8.78 Å². The molecule has 0 atom stereocenters. The molecule has 5 nitrogen and oxygen atoms in total. The largest absolute Gasteiger partial charge is 0.357 e. The number of nitrogens with zero attached hydrogens (tertiary/aromatic N) is 2. The minimum atomic E-state index is -4.55. The summed E-state index contributed by atoms with van der Waals surface area (Å²) in [5.41, 5.74) is 0. The molecule has 1 fully saturated rings. The van der Waals surface area contributed by atoms with Gasteiger partial charge < -0.3 is 5.32 Å². The van der Waals surface area contributed by atoms with Crippen LogP contribution in [0.1, 0.15) is 12.8 Å². The Morgan fingerprint density at radius 3 is 2.50 bits per heavy atom. The lowest BCUT2D eigenvalue weighted by Gasteiger charge is -2.03. The molecule has 3 rings (SSSR count). The summed E-state index contributed by atoms with van der Waals surface area (Å²) in [6.45, 7) is 0. The molecule has 0 radical (unpaired) electrons. The molecule has 1 aromatic heterocycles. The van der Waals surface area contributed by atoms with Crippen LogP contribution < -0.4 is 5.32 Å². The number of nitrogens with one attached hydrogen (secondary N) is 1. The number of hydrogen-bond donors (Lipinski definition) is 1. The number of benzene rings is 1. The number of halogens is 2. The van der Waals surface area contributed by atoms with Crippen molar-refractivity contribution in [3.63, 3.8) is 0 Å². The first-order valence-electron chi connectivity index (χ1n) is 6.35. The van der Waals surface area contributed by atoms with E-state index in [2.05, 4.69) is 15.5 Å². The lowest BCUT2D eigenvalue weighted by molar-refractivity contribution is 0.234. The molecule has 10 heteroatoms. The minimum absolute atomic E-state index is 0.389. The third-order valence-electron chi connectivity index (χ3n) is 2.90. The van der Waals surface area contributed by atoms with Gasteiger partial charge in [0.2, 0.25) is 15.0 Å². The molecule has 1 heterocycles. The molecule has 118 valence electrons. The van der Waals surface area contributed by atoms with Crippen LogP contribution in [0.15, 0.2) is 38.4 Å². The molecule has 1 aliphatic rings. The van der Waals surface area contributed by atoms with Crippen LogP contribution in [0.3, 0.4) is 0 Å². The highest BCUT2D eigenvalue weighted by Crippen LogP contribution is 2.34. The summed E-state index contributed by atoms with van der Waals surface area (Å²) >= 11 is 2.71. The zero-order chi connectivity index (χ0) is 15.7. The Morgan fingerprint density at radius 1 is 1.23 bits per heavy atom. The fourth-order valence-electron chi connectivity index (χ4n) is 1.61. The highest BCUT2D eigenvalue weighted by Gasteiger charge is 2.26. The van der Waals surface area contributed by atoms with Crippen LogP contribution in [0.5, 0.6) is 0 Å². The molecule has 0 saturated heterocycles. The van der Waals surface area contributed by atoms with Crippen molar-refractivity contribution in [2.45, 2.75) is 38.8 Å². The summed E-state index contributed by atoms with van der Waals surface area (Å²) in [5.74, 6) is -3.41. The van der Waals surface area contributed by atoms with Gasteiger partial charge in [-0.05, 0) is 37.1 Å². The van der Waals surface area contributed by atoms with Gasteiger partial charge in [0, 0.05) is 10.9 Å². The number of anilines is 1. The Labute approximate surface area is 134 Å². The molecular formula is C12H11F2N3O2S3. The zero-order valence-corrected chi connectivity index (χ0v) is 13.5. The monoisotopic (exact) mass is 363 g/mol. The maximum absolute atomic E-state index is 12.4. The third kappa shape index (κ3) is 3.55. The van der Waals surface area contributed by atoms with Crippen molar-refractivity contribution in [2.24, 2.45) is 0 Å². The summed E-state index contributed by atoms with van der Waals surface area (Å²) in [6.07, 6.45) is 2.28. The van der Waals surface area contributed by atoms with Gasteiger partial charge >= 0.3 is 5.76 Å². The van der Waals surface area contributed by atoms with Gasteiger partial charge in [0.15, 0.2) is 4.34 Å². The smallest absolute Gasteiger partial charge is 0.341 e. The van der Waals surface area contributed by atoms with E-state index in [0.29, 0.717) is 15.3 Å². The molecule has 0 amide bonds. The van der Waals surface area contributed by atoms with E-state index in [-0.39, 0.29) is 4.90 Å². The third-order valence-corrected chi connectivity index (χ3v) is 6.22. The summed E-state index contributed by atoms with van der Waals surface area (Å²) in [4.78, 5) is 0.322. The second-order valence-electron chi connectivity index (χ2n) is 4.67. The van der Waals surface area contributed by atoms with Crippen LogP contribution in [0.25, 0.3) is 0 Å². The van der Waals surface area contributed by atoms with E-state index in [9.17, 15) is 17.2 Å². The van der Waals surface area contributed by atoms with E-state index < -0.39 is 15.6 Å². The topological polar surface area (TPSA) is 72.0 Å². The van der Waals surface area contributed by atoms with E-state index in [4.69, 9.17) is 0 Å². The summed E-state index contributed by atoms with van der Waals surface area (Å²) in [5, 5.41) is 12.0. The van der Waals surface area contributed by atoms with Crippen LogP contribution in [0, 0.1) is 0 Å². The maximum Gasteiger partial charge on any atom is 0.341 e. The first kappa shape index (κ1) is 15.6. The predicted octanol–water partition coefficient (Wildman–Crippen LogP) is 3.26. The molecule has 0 aliphatic heterocycles. The van der Waals surface area contributed by atoms with E-state index in [0.717, 1.165) is 18.0 Å². The van der Waals surface area contributed by atoms with Crippen LogP contribution in [-0.2, 0) is 9.84 Å². The van der Waals surface area contributed by atoms with Crippen LogP contribution in [0.2, 0.25) is 0 Å². The van der Waals surface area contributed by atoms with Gasteiger partial charge in [-0.1, -0.05) is 23.1 Å². The standard InChI is InChI=1S/C12H11F2N3O2S3/c13-10(14)22(18,19)9-5-3-8(4-6-9)20-12-17-16-11(21-12)15-7-1-2-7/h3-7,10H,1-2H2,(H,15,16). The van der Waals surface area contributed by atoms with Crippen LogP contribution >= 0.6 is 23.1 Å². The average Bonchev–Trinajstić information content (AvgIpc) is 3.18. The quantitative estimate of drug-likeness (QED) is 0.849. The van der Waals surface area contributed by atoms with Crippen molar-refractivity contribution in [1.29, 1.82) is 0 Å². The molecule has 0 unspecified atom stereocenters. The highest BCUT2D eigenvalue weighted by molar-refractivity contribution is 8.01. The van der Waals surface area contributed by atoms with Crippen molar-refractivity contribution in [1.82, 2.24) is 10.2 Å². The van der Waals surface area contributed by atoms with Gasteiger partial charge in [0.05, 0.1) is 4.90 Å². The Bertz CT molecular complexity index is 758. The fourth-order valence-corrected chi connectivity index (χ4v) is 4.14. The Hall–Kier alpha value is -1.26. The fraction of sp³-hybridized carbons (Fsp3) is 0.333. The second kappa shape index (κ2) is 6.09. The molecule has 1 aromatic carbocycles. The number of alkyl halides is 2. The van der Waals surface area contributed by atoms with Crippen LogP contribution in [-0.4, -0.2) is 30.4 Å². The number of rotatable bonds is 6. The normalized spacial score (nSPS) is 15.2. The Morgan fingerprint density at radius 2 is 1.91 bits per heavy atom. The Kier molecular flexibility index (Phi) is 4.33. The van der Waals surface area contributed by atoms with Gasteiger partial charge in [0.1, 0.15) is 0 Å². The zero-order valence-electron chi connectivity index (χ0n) is 11.1. The van der Waals surface area contributed by atoms with E-state index in [1.165, 1.54) is 47.4 Å². The lowest BCUT2D eigenvalue weighted by Crippen LogP contribution is -2.10. The molecule has 1 N–H and O–H groups in total. The molecule has 0 spiro atoms. The Balaban J connectivity index is 1.69. The van der Waals surface area contributed by atoms with Gasteiger partial charge in [-0.3, -0.25) is 0 Å². The summed E-state index contributed by atoms with van der Waals surface area (Å²) < 4.78 is 48.2. The van der Waals surface area contributed by atoms with Gasteiger partial charge in [-0.15, -0.1) is 10.2 Å². The van der Waals surface area contributed by atoms with Crippen molar-refractivity contribution in [3.05, 3.63) is 24.3 Å². The number of sulfone groups is 1. The van der Waals surface area contributed by atoms with E-state index in [1.807, 2.05) is 0 Å². The van der Waals surface area contributed by atoms with Crippen molar-refractivity contribution < 1.29 is 17.2 Å². The highest BCUT2D eigenvalue weighted by atomic mass is 32.2. The van der Waals surface area contributed by atoms with E-state index in [1.54, 1.807) is 0 Å². The van der Waals surface area contributed by atoms with Crippen molar-refractivity contribution >= 4 is 38.1 Å². The van der Waals surface area contributed by atoms with E-state index >= 15 is 0 Å². The van der Waals surface area contributed by atoms with Crippen LogP contribution in [0.4, 0.5) is 13.9 Å². The van der Waals surface area contributed by atoms with Crippen molar-refractivity contribution in [2.75, 3.05) is 5.32 Å².